The van der Waals surface area contributed by atoms with Crippen molar-refractivity contribution in [3.05, 3.63) is 29.8 Å². The Morgan fingerprint density at radius 2 is 2.33 bits per heavy atom. The van der Waals surface area contributed by atoms with E-state index in [-0.39, 0.29) is 0 Å². The van der Waals surface area contributed by atoms with Crippen LogP contribution in [0.3, 0.4) is 0 Å². The Morgan fingerprint density at radius 3 is 3.00 bits per heavy atom. The molecule has 0 saturated carbocycles. The van der Waals surface area contributed by atoms with E-state index in [0.717, 1.165) is 13.0 Å². The third-order valence-electron chi connectivity index (χ3n) is 2.79. The number of carbonyl (C=O) groups excluding carboxylic acids is 1. The molecule has 0 spiro atoms. The molecule has 112 valence electrons. The first kappa shape index (κ1) is 14.9. The molecular weight excluding hydrogens is 272 g/mol. The summed E-state index contributed by atoms with van der Waals surface area (Å²) in [6.07, 6.45) is 5.81. The fraction of sp³-hybridized carbons (Fsp3) is 0.462. The number of nitrogens with one attached hydrogen (secondary N) is 1. The van der Waals surface area contributed by atoms with Gasteiger partial charge in [-0.05, 0) is 20.3 Å². The third kappa shape index (κ3) is 4.23. The highest BCUT2D eigenvalue weighted by Gasteiger charge is 2.12. The zero-order chi connectivity index (χ0) is 15.1. The average molecular weight is 290 g/mol. The summed E-state index contributed by atoms with van der Waals surface area (Å²) in [6.45, 7) is 5.33. The minimum absolute atomic E-state index is 0.334. The van der Waals surface area contributed by atoms with Crippen molar-refractivity contribution in [2.24, 2.45) is 0 Å². The molecule has 0 fully saturated rings. The second-order valence-corrected chi connectivity index (χ2v) is 4.36. The molecule has 0 radical (unpaired) electrons. The van der Waals surface area contributed by atoms with Crippen LogP contribution in [0, 0.1) is 6.92 Å². The van der Waals surface area contributed by atoms with Crippen molar-refractivity contribution in [1.82, 2.24) is 25.0 Å². The number of hydrogen-bond acceptors (Lipinski definition) is 7. The number of rotatable bonds is 7. The average Bonchev–Trinajstić information content (AvgIpc) is 2.97. The summed E-state index contributed by atoms with van der Waals surface area (Å²) < 4.78 is 6.70. The summed E-state index contributed by atoms with van der Waals surface area (Å²) >= 11 is 0. The predicted molar refractivity (Wildman–Crippen MR) is 75.9 cm³/mol. The SMILES string of the molecule is CCOC(=O)c1cnc(NCCCn2ccnn2)nc1C. The standard InChI is InChI=1S/C13H18N6O2/c1-3-21-12(20)11-9-15-13(17-10(11)2)14-5-4-7-19-8-6-16-18-19/h6,8-9H,3-5,7H2,1-2H3,(H,14,15,17). The maximum atomic E-state index is 11.6. The normalized spacial score (nSPS) is 10.4. The van der Waals surface area contributed by atoms with Gasteiger partial charge in [-0.1, -0.05) is 5.21 Å². The molecule has 0 amide bonds. The van der Waals surface area contributed by atoms with Crippen LogP contribution in [0.1, 0.15) is 29.4 Å². The molecule has 2 aromatic rings. The first-order valence-electron chi connectivity index (χ1n) is 6.79. The summed E-state index contributed by atoms with van der Waals surface area (Å²) in [5.41, 5.74) is 0.993. The zero-order valence-corrected chi connectivity index (χ0v) is 12.1. The minimum Gasteiger partial charge on any atom is -0.462 e. The molecule has 21 heavy (non-hydrogen) atoms. The number of ether oxygens (including phenoxy) is 1. The second-order valence-electron chi connectivity index (χ2n) is 4.36. The van der Waals surface area contributed by atoms with Crippen LogP contribution in [0.5, 0.6) is 0 Å². The summed E-state index contributed by atoms with van der Waals surface area (Å²) in [7, 11) is 0. The number of anilines is 1. The summed E-state index contributed by atoms with van der Waals surface area (Å²) in [4.78, 5) is 20.0. The van der Waals surface area contributed by atoms with Gasteiger partial charge < -0.3 is 10.1 Å². The van der Waals surface area contributed by atoms with Gasteiger partial charge >= 0.3 is 5.97 Å². The van der Waals surface area contributed by atoms with Gasteiger partial charge in [-0.15, -0.1) is 5.10 Å². The Hall–Kier alpha value is -2.51. The molecule has 2 heterocycles. The van der Waals surface area contributed by atoms with E-state index in [9.17, 15) is 4.79 Å². The molecule has 8 nitrogen and oxygen atoms in total. The number of aryl methyl sites for hydroxylation is 2. The van der Waals surface area contributed by atoms with Crippen molar-refractivity contribution >= 4 is 11.9 Å². The Labute approximate surface area is 122 Å². The molecule has 0 aliphatic carbocycles. The van der Waals surface area contributed by atoms with Gasteiger partial charge in [0.05, 0.1) is 24.1 Å². The van der Waals surface area contributed by atoms with E-state index in [1.54, 1.807) is 24.7 Å². The number of nitrogens with zero attached hydrogens (tertiary/aromatic N) is 5. The maximum absolute atomic E-state index is 11.6. The molecular formula is C13H18N6O2. The topological polar surface area (TPSA) is 94.8 Å². The highest BCUT2D eigenvalue weighted by molar-refractivity contribution is 5.90. The van der Waals surface area contributed by atoms with Crippen molar-refractivity contribution < 1.29 is 9.53 Å². The van der Waals surface area contributed by atoms with Gasteiger partial charge in [-0.3, -0.25) is 4.68 Å². The quantitative estimate of drug-likeness (QED) is 0.601. The molecule has 1 N–H and O–H groups in total. The Kier molecular flexibility index (Phi) is 5.19. The lowest BCUT2D eigenvalue weighted by atomic mass is 10.2. The monoisotopic (exact) mass is 290 g/mol. The van der Waals surface area contributed by atoms with Gasteiger partial charge in [0.15, 0.2) is 0 Å². The van der Waals surface area contributed by atoms with Crippen LogP contribution < -0.4 is 5.32 Å². The summed E-state index contributed by atoms with van der Waals surface area (Å²) in [5, 5.41) is 10.7. The van der Waals surface area contributed by atoms with Crippen LogP contribution in [0.15, 0.2) is 18.6 Å². The van der Waals surface area contributed by atoms with E-state index in [2.05, 4.69) is 25.6 Å². The molecule has 0 bridgehead atoms. The van der Waals surface area contributed by atoms with E-state index in [1.807, 2.05) is 6.20 Å². The molecule has 0 aliphatic rings. The van der Waals surface area contributed by atoms with Crippen molar-refractivity contribution in [2.45, 2.75) is 26.8 Å². The van der Waals surface area contributed by atoms with Gasteiger partial charge in [-0.25, -0.2) is 14.8 Å². The number of aromatic nitrogens is 5. The predicted octanol–water partition coefficient (Wildman–Crippen LogP) is 1.06. The largest absolute Gasteiger partial charge is 0.462 e. The smallest absolute Gasteiger partial charge is 0.341 e. The van der Waals surface area contributed by atoms with E-state index < -0.39 is 5.97 Å². The van der Waals surface area contributed by atoms with Gasteiger partial charge in [0.25, 0.3) is 0 Å². The van der Waals surface area contributed by atoms with E-state index >= 15 is 0 Å². The highest BCUT2D eigenvalue weighted by Crippen LogP contribution is 2.08. The second kappa shape index (κ2) is 7.32. The molecule has 2 aromatic heterocycles. The van der Waals surface area contributed by atoms with Crippen molar-refractivity contribution in [3.8, 4) is 0 Å². The lowest BCUT2D eigenvalue weighted by Gasteiger charge is -2.08. The first-order chi connectivity index (χ1) is 10.2. The van der Waals surface area contributed by atoms with Gasteiger partial charge in [-0.2, -0.15) is 0 Å². The van der Waals surface area contributed by atoms with E-state index in [0.29, 0.717) is 30.4 Å². The lowest BCUT2D eigenvalue weighted by molar-refractivity contribution is 0.0524. The van der Waals surface area contributed by atoms with Crippen molar-refractivity contribution in [1.29, 1.82) is 0 Å². The lowest BCUT2D eigenvalue weighted by Crippen LogP contribution is -2.13. The first-order valence-corrected chi connectivity index (χ1v) is 6.79. The summed E-state index contributed by atoms with van der Waals surface area (Å²) in [5.74, 6) is 0.104. The van der Waals surface area contributed by atoms with Crippen LogP contribution in [0.4, 0.5) is 5.95 Å². The Balaban J connectivity index is 1.84. The van der Waals surface area contributed by atoms with Crippen LogP contribution in [0.2, 0.25) is 0 Å². The van der Waals surface area contributed by atoms with Crippen LogP contribution >= 0.6 is 0 Å². The third-order valence-corrected chi connectivity index (χ3v) is 2.79. The van der Waals surface area contributed by atoms with Crippen molar-refractivity contribution in [2.75, 3.05) is 18.5 Å². The number of hydrogen-bond donors (Lipinski definition) is 1. The minimum atomic E-state index is -0.396. The molecule has 0 saturated heterocycles. The molecule has 0 aromatic carbocycles. The maximum Gasteiger partial charge on any atom is 0.341 e. The van der Waals surface area contributed by atoms with Gasteiger partial charge in [0.1, 0.15) is 0 Å². The Bertz CT molecular complexity index is 584. The van der Waals surface area contributed by atoms with Crippen LogP contribution in [-0.2, 0) is 11.3 Å². The fourth-order valence-corrected chi connectivity index (χ4v) is 1.75. The van der Waals surface area contributed by atoms with Gasteiger partial charge in [0, 0.05) is 25.5 Å². The van der Waals surface area contributed by atoms with Crippen LogP contribution in [0.25, 0.3) is 0 Å². The van der Waals surface area contributed by atoms with Crippen LogP contribution in [-0.4, -0.2) is 44.1 Å². The number of carbonyl (C=O) groups is 1. The van der Waals surface area contributed by atoms with Gasteiger partial charge in [0.2, 0.25) is 5.95 Å². The summed E-state index contributed by atoms with van der Waals surface area (Å²) in [6, 6.07) is 0. The zero-order valence-electron chi connectivity index (χ0n) is 12.1. The van der Waals surface area contributed by atoms with E-state index in [1.165, 1.54) is 6.20 Å². The molecule has 0 unspecified atom stereocenters. The number of esters is 1. The molecule has 2 rings (SSSR count). The Morgan fingerprint density at radius 1 is 1.48 bits per heavy atom. The molecule has 8 heteroatoms. The van der Waals surface area contributed by atoms with Crippen molar-refractivity contribution in [3.63, 3.8) is 0 Å². The molecule has 0 aliphatic heterocycles. The highest BCUT2D eigenvalue weighted by atomic mass is 16.5. The van der Waals surface area contributed by atoms with E-state index in [4.69, 9.17) is 4.74 Å². The molecule has 0 atom stereocenters. The fourth-order valence-electron chi connectivity index (χ4n) is 1.75.